The number of ether oxygens (including phenoxy) is 1. The van der Waals surface area contributed by atoms with Crippen LogP contribution in [0.5, 0.6) is 0 Å². The van der Waals surface area contributed by atoms with Crippen molar-refractivity contribution in [2.24, 2.45) is 0 Å². The van der Waals surface area contributed by atoms with Gasteiger partial charge < -0.3 is 9.84 Å². The van der Waals surface area contributed by atoms with Crippen LogP contribution in [-0.4, -0.2) is 39.8 Å². The normalized spacial score (nSPS) is 20.5. The Morgan fingerprint density at radius 1 is 1.25 bits per heavy atom. The second-order valence-electron chi connectivity index (χ2n) is 5.76. The lowest BCUT2D eigenvalue weighted by atomic mass is 10.1. The third kappa shape index (κ3) is 4.20. The number of amides is 1. The van der Waals surface area contributed by atoms with Crippen molar-refractivity contribution >= 4 is 12.2 Å². The molecule has 2 atom stereocenters. The highest BCUT2D eigenvalue weighted by molar-refractivity contribution is 5.69. The van der Waals surface area contributed by atoms with Crippen molar-refractivity contribution in [1.29, 1.82) is 0 Å². The summed E-state index contributed by atoms with van der Waals surface area (Å²) in [4.78, 5) is 18.1. The first-order chi connectivity index (χ1) is 11.7. The van der Waals surface area contributed by atoms with Crippen molar-refractivity contribution in [2.75, 3.05) is 6.54 Å². The van der Waals surface area contributed by atoms with Crippen LogP contribution in [0.15, 0.2) is 60.8 Å². The Morgan fingerprint density at radius 3 is 2.79 bits per heavy atom. The minimum atomic E-state index is -0.535. The lowest BCUT2D eigenvalue weighted by Gasteiger charge is -2.21. The SMILES string of the molecule is O=C(OCc1ccccc1)N1C[C@H](O)C[C@H]1/C=C/c1ccccn1. The number of hydrogen-bond donors (Lipinski definition) is 1. The largest absolute Gasteiger partial charge is 0.445 e. The molecule has 5 heteroatoms. The summed E-state index contributed by atoms with van der Waals surface area (Å²) in [5.74, 6) is 0. The van der Waals surface area contributed by atoms with E-state index in [1.807, 2.05) is 60.7 Å². The Labute approximate surface area is 141 Å². The molecule has 0 spiro atoms. The van der Waals surface area contributed by atoms with Crippen LogP contribution in [0.25, 0.3) is 6.08 Å². The highest BCUT2D eigenvalue weighted by atomic mass is 16.6. The first kappa shape index (κ1) is 16.2. The van der Waals surface area contributed by atoms with Crippen LogP contribution < -0.4 is 0 Å². The Balaban J connectivity index is 1.62. The van der Waals surface area contributed by atoms with Crippen molar-refractivity contribution in [3.8, 4) is 0 Å². The number of β-amino-alcohol motifs (C(OH)–C–C–N with tert-alkyl or cyclic N) is 1. The number of carbonyl (C=O) groups is 1. The van der Waals surface area contributed by atoms with Crippen LogP contribution in [0, 0.1) is 0 Å². The smallest absolute Gasteiger partial charge is 0.410 e. The van der Waals surface area contributed by atoms with Crippen LogP contribution >= 0.6 is 0 Å². The van der Waals surface area contributed by atoms with Crippen molar-refractivity contribution in [3.63, 3.8) is 0 Å². The molecule has 0 saturated carbocycles. The van der Waals surface area contributed by atoms with E-state index in [4.69, 9.17) is 4.74 Å². The third-order valence-corrected chi connectivity index (χ3v) is 3.94. The van der Waals surface area contributed by atoms with E-state index in [2.05, 4.69) is 4.98 Å². The second kappa shape index (κ2) is 7.75. The Morgan fingerprint density at radius 2 is 2.04 bits per heavy atom. The molecule has 1 aromatic carbocycles. The highest BCUT2D eigenvalue weighted by Crippen LogP contribution is 2.21. The monoisotopic (exact) mass is 324 g/mol. The first-order valence-electron chi connectivity index (χ1n) is 7.97. The summed E-state index contributed by atoms with van der Waals surface area (Å²) in [7, 11) is 0. The maximum atomic E-state index is 12.3. The van der Waals surface area contributed by atoms with E-state index in [-0.39, 0.29) is 19.2 Å². The molecule has 0 bridgehead atoms. The molecule has 1 aromatic heterocycles. The van der Waals surface area contributed by atoms with Gasteiger partial charge in [0.1, 0.15) is 6.61 Å². The van der Waals surface area contributed by atoms with E-state index in [0.29, 0.717) is 6.42 Å². The van der Waals surface area contributed by atoms with Gasteiger partial charge in [0.15, 0.2) is 0 Å². The Kier molecular flexibility index (Phi) is 5.23. The molecular formula is C19H20N2O3. The van der Waals surface area contributed by atoms with Gasteiger partial charge in [-0.1, -0.05) is 42.5 Å². The van der Waals surface area contributed by atoms with Gasteiger partial charge in [0.2, 0.25) is 0 Å². The maximum absolute atomic E-state index is 12.3. The molecule has 5 nitrogen and oxygen atoms in total. The molecule has 3 rings (SSSR count). The predicted octanol–water partition coefficient (Wildman–Crippen LogP) is 2.87. The topological polar surface area (TPSA) is 62.7 Å². The second-order valence-corrected chi connectivity index (χ2v) is 5.76. The van der Waals surface area contributed by atoms with Crippen LogP contribution in [0.1, 0.15) is 17.7 Å². The first-order valence-corrected chi connectivity index (χ1v) is 7.97. The number of carbonyl (C=O) groups excluding carboxylic acids is 1. The molecular weight excluding hydrogens is 304 g/mol. The molecule has 0 radical (unpaired) electrons. The van der Waals surface area contributed by atoms with Crippen LogP contribution in [-0.2, 0) is 11.3 Å². The van der Waals surface area contributed by atoms with E-state index in [0.717, 1.165) is 11.3 Å². The number of aliphatic hydroxyl groups is 1. The van der Waals surface area contributed by atoms with Crippen molar-refractivity contribution < 1.29 is 14.6 Å². The van der Waals surface area contributed by atoms with Gasteiger partial charge in [0.25, 0.3) is 0 Å². The molecule has 1 N–H and O–H groups in total. The average molecular weight is 324 g/mol. The van der Waals surface area contributed by atoms with Gasteiger partial charge in [-0.05, 0) is 30.2 Å². The summed E-state index contributed by atoms with van der Waals surface area (Å²) in [6.45, 7) is 0.508. The van der Waals surface area contributed by atoms with Crippen molar-refractivity contribution in [3.05, 3.63) is 72.1 Å². The minimum Gasteiger partial charge on any atom is -0.445 e. The van der Waals surface area contributed by atoms with Gasteiger partial charge in [-0.3, -0.25) is 9.88 Å². The van der Waals surface area contributed by atoms with E-state index >= 15 is 0 Å². The van der Waals surface area contributed by atoms with Crippen LogP contribution in [0.3, 0.4) is 0 Å². The standard InChI is InChI=1S/C19H20N2O3/c22-18-12-17(10-9-16-8-4-5-11-20-16)21(13-18)19(23)24-14-15-6-2-1-3-7-15/h1-11,17-18,22H,12-14H2/b10-9+/t17-,18-/m1/s1. The molecule has 1 aliphatic rings. The predicted molar refractivity (Wildman–Crippen MR) is 91.0 cm³/mol. The summed E-state index contributed by atoms with van der Waals surface area (Å²) in [6.07, 6.45) is 5.03. The summed E-state index contributed by atoms with van der Waals surface area (Å²) < 4.78 is 5.37. The number of pyridine rings is 1. The summed E-state index contributed by atoms with van der Waals surface area (Å²) in [5, 5.41) is 9.90. The number of rotatable bonds is 4. The average Bonchev–Trinajstić information content (AvgIpc) is 3.00. The summed E-state index contributed by atoms with van der Waals surface area (Å²) >= 11 is 0. The third-order valence-electron chi connectivity index (χ3n) is 3.94. The number of hydrogen-bond acceptors (Lipinski definition) is 4. The molecule has 124 valence electrons. The van der Waals surface area contributed by atoms with Gasteiger partial charge in [0.05, 0.1) is 24.4 Å². The quantitative estimate of drug-likeness (QED) is 0.939. The molecule has 0 aliphatic carbocycles. The molecule has 1 aliphatic heterocycles. The molecule has 24 heavy (non-hydrogen) atoms. The number of benzene rings is 1. The van der Waals surface area contributed by atoms with Gasteiger partial charge >= 0.3 is 6.09 Å². The number of aromatic nitrogens is 1. The fourth-order valence-corrected chi connectivity index (χ4v) is 2.72. The van der Waals surface area contributed by atoms with Crippen LogP contribution in [0.4, 0.5) is 4.79 Å². The van der Waals surface area contributed by atoms with Gasteiger partial charge in [0, 0.05) is 6.20 Å². The fourth-order valence-electron chi connectivity index (χ4n) is 2.72. The number of aliphatic hydroxyl groups excluding tert-OH is 1. The number of nitrogens with zero attached hydrogens (tertiary/aromatic N) is 2. The fraction of sp³-hybridized carbons (Fsp3) is 0.263. The van der Waals surface area contributed by atoms with Crippen molar-refractivity contribution in [2.45, 2.75) is 25.2 Å². The minimum absolute atomic E-state index is 0.190. The molecule has 1 amide bonds. The Hall–Kier alpha value is -2.66. The van der Waals surface area contributed by atoms with Gasteiger partial charge in [-0.25, -0.2) is 4.79 Å². The van der Waals surface area contributed by atoms with E-state index < -0.39 is 12.2 Å². The highest BCUT2D eigenvalue weighted by Gasteiger charge is 2.33. The van der Waals surface area contributed by atoms with Gasteiger partial charge in [-0.15, -0.1) is 0 Å². The molecule has 2 aromatic rings. The molecule has 2 heterocycles. The summed E-state index contributed by atoms with van der Waals surface area (Å²) in [6, 6.07) is 15.0. The molecule has 1 fully saturated rings. The van der Waals surface area contributed by atoms with E-state index in [9.17, 15) is 9.90 Å². The lowest BCUT2D eigenvalue weighted by molar-refractivity contribution is 0.0920. The zero-order chi connectivity index (χ0) is 16.8. The van der Waals surface area contributed by atoms with Gasteiger partial charge in [-0.2, -0.15) is 0 Å². The maximum Gasteiger partial charge on any atom is 0.410 e. The molecule has 1 saturated heterocycles. The number of likely N-dealkylation sites (tertiary alicyclic amines) is 1. The zero-order valence-corrected chi connectivity index (χ0v) is 13.3. The van der Waals surface area contributed by atoms with E-state index in [1.54, 1.807) is 11.1 Å². The van der Waals surface area contributed by atoms with E-state index in [1.165, 1.54) is 0 Å². The zero-order valence-electron chi connectivity index (χ0n) is 13.3. The van der Waals surface area contributed by atoms with Crippen molar-refractivity contribution in [1.82, 2.24) is 9.88 Å². The Bertz CT molecular complexity index is 688. The molecule has 0 unspecified atom stereocenters. The lowest BCUT2D eigenvalue weighted by Crippen LogP contribution is -2.35. The summed E-state index contributed by atoms with van der Waals surface area (Å²) in [5.41, 5.74) is 1.75. The van der Waals surface area contributed by atoms with Crippen LogP contribution in [0.2, 0.25) is 0 Å².